The third kappa shape index (κ3) is 3.89. The van der Waals surface area contributed by atoms with Crippen LogP contribution in [0.5, 0.6) is 11.5 Å². The molecule has 0 aliphatic carbocycles. The minimum Gasteiger partial charge on any atom is -0.490 e. The second-order valence-electron chi connectivity index (χ2n) is 6.44. The van der Waals surface area contributed by atoms with E-state index in [0.717, 1.165) is 17.7 Å². The Morgan fingerprint density at radius 3 is 2.48 bits per heavy atom. The Kier molecular flexibility index (Phi) is 5.12. The fraction of sp³-hybridized carbons (Fsp3) is 0.647. The van der Waals surface area contributed by atoms with Gasteiger partial charge in [-0.1, -0.05) is 26.8 Å². The van der Waals surface area contributed by atoms with Crippen LogP contribution in [0.2, 0.25) is 0 Å². The van der Waals surface area contributed by atoms with Crippen molar-refractivity contribution in [3.05, 3.63) is 23.8 Å². The minimum absolute atomic E-state index is 0.153. The zero-order valence-corrected chi connectivity index (χ0v) is 13.4. The quantitative estimate of drug-likeness (QED) is 0.925. The summed E-state index contributed by atoms with van der Waals surface area (Å²) in [4.78, 5) is 0. The fourth-order valence-electron chi connectivity index (χ4n) is 2.53. The maximum atomic E-state index is 10.7. The molecule has 0 fully saturated rings. The number of aliphatic hydroxyl groups excluding tert-OH is 1. The number of hydrogen-bond acceptors (Lipinski definition) is 4. The van der Waals surface area contributed by atoms with Gasteiger partial charge in [0.05, 0.1) is 19.3 Å². The molecule has 0 radical (unpaired) electrons. The predicted molar refractivity (Wildman–Crippen MR) is 81.9 cm³/mol. The van der Waals surface area contributed by atoms with Crippen LogP contribution in [0.15, 0.2) is 18.2 Å². The van der Waals surface area contributed by atoms with Crippen molar-refractivity contribution in [1.29, 1.82) is 0 Å². The summed E-state index contributed by atoms with van der Waals surface area (Å²) in [5, 5.41) is 10.7. The second-order valence-corrected chi connectivity index (χ2v) is 6.44. The molecule has 1 aromatic rings. The van der Waals surface area contributed by atoms with Gasteiger partial charge in [-0.3, -0.25) is 0 Å². The van der Waals surface area contributed by atoms with Gasteiger partial charge in [0.25, 0.3) is 0 Å². The van der Waals surface area contributed by atoms with Crippen molar-refractivity contribution in [2.45, 2.75) is 46.3 Å². The topological polar surface area (TPSA) is 47.9 Å². The number of benzene rings is 1. The lowest BCUT2D eigenvalue weighted by Crippen LogP contribution is -2.35. The SMILES string of the molecule is CCOC(C(O)c1ccc2c(c1)OCCCO2)C(C)(C)C. The van der Waals surface area contributed by atoms with E-state index in [1.165, 1.54) is 0 Å². The van der Waals surface area contributed by atoms with E-state index < -0.39 is 6.10 Å². The van der Waals surface area contributed by atoms with E-state index in [9.17, 15) is 5.11 Å². The summed E-state index contributed by atoms with van der Waals surface area (Å²) in [5.41, 5.74) is 0.646. The summed E-state index contributed by atoms with van der Waals surface area (Å²) in [6.07, 6.45) is -0.0924. The molecule has 2 unspecified atom stereocenters. The third-order valence-electron chi connectivity index (χ3n) is 3.60. The van der Waals surface area contributed by atoms with Crippen LogP contribution in [0.1, 0.15) is 45.8 Å². The summed E-state index contributed by atoms with van der Waals surface area (Å²) in [6.45, 7) is 10.0. The van der Waals surface area contributed by atoms with Crippen LogP contribution in [-0.2, 0) is 4.74 Å². The molecule has 0 amide bonds. The van der Waals surface area contributed by atoms with Crippen LogP contribution in [0.4, 0.5) is 0 Å². The molecule has 0 spiro atoms. The molecule has 1 aliphatic rings. The van der Waals surface area contributed by atoms with E-state index in [-0.39, 0.29) is 11.5 Å². The van der Waals surface area contributed by atoms with Gasteiger partial charge in [0.1, 0.15) is 6.10 Å². The van der Waals surface area contributed by atoms with E-state index in [4.69, 9.17) is 14.2 Å². The first-order chi connectivity index (χ1) is 9.93. The van der Waals surface area contributed by atoms with Gasteiger partial charge >= 0.3 is 0 Å². The van der Waals surface area contributed by atoms with Crippen molar-refractivity contribution in [1.82, 2.24) is 0 Å². The molecular weight excluding hydrogens is 268 g/mol. The van der Waals surface area contributed by atoms with Crippen molar-refractivity contribution in [3.8, 4) is 11.5 Å². The molecule has 0 saturated carbocycles. The van der Waals surface area contributed by atoms with E-state index in [2.05, 4.69) is 20.8 Å². The maximum Gasteiger partial charge on any atom is 0.161 e. The largest absolute Gasteiger partial charge is 0.490 e. The highest BCUT2D eigenvalue weighted by Gasteiger charge is 2.33. The zero-order chi connectivity index (χ0) is 15.5. The Morgan fingerprint density at radius 1 is 1.19 bits per heavy atom. The first kappa shape index (κ1) is 16.1. The molecule has 0 aromatic heterocycles. The molecule has 1 aromatic carbocycles. The summed E-state index contributed by atoms with van der Waals surface area (Å²) in [6, 6.07) is 5.61. The summed E-state index contributed by atoms with van der Waals surface area (Å²) in [7, 11) is 0. The van der Waals surface area contributed by atoms with Gasteiger partial charge in [0.15, 0.2) is 11.5 Å². The number of aliphatic hydroxyl groups is 1. The van der Waals surface area contributed by atoms with Crippen LogP contribution in [-0.4, -0.2) is 31.0 Å². The monoisotopic (exact) mass is 294 g/mol. The highest BCUT2D eigenvalue weighted by atomic mass is 16.5. The lowest BCUT2D eigenvalue weighted by molar-refractivity contribution is -0.0899. The molecule has 0 saturated heterocycles. The molecule has 1 N–H and O–H groups in total. The van der Waals surface area contributed by atoms with Crippen LogP contribution >= 0.6 is 0 Å². The Balaban J connectivity index is 2.25. The third-order valence-corrected chi connectivity index (χ3v) is 3.60. The van der Waals surface area contributed by atoms with E-state index >= 15 is 0 Å². The van der Waals surface area contributed by atoms with Crippen molar-refractivity contribution in [2.75, 3.05) is 19.8 Å². The molecule has 2 rings (SSSR count). The van der Waals surface area contributed by atoms with Gasteiger partial charge < -0.3 is 19.3 Å². The highest BCUT2D eigenvalue weighted by molar-refractivity contribution is 5.44. The average Bonchev–Trinajstić information content (AvgIpc) is 2.67. The summed E-state index contributed by atoms with van der Waals surface area (Å²) < 4.78 is 17.1. The Morgan fingerprint density at radius 2 is 1.86 bits per heavy atom. The first-order valence-electron chi connectivity index (χ1n) is 7.62. The van der Waals surface area contributed by atoms with Crippen molar-refractivity contribution in [3.63, 3.8) is 0 Å². The molecule has 21 heavy (non-hydrogen) atoms. The van der Waals surface area contributed by atoms with Crippen LogP contribution < -0.4 is 9.47 Å². The van der Waals surface area contributed by atoms with Crippen molar-refractivity contribution < 1.29 is 19.3 Å². The van der Waals surface area contributed by atoms with Crippen LogP contribution in [0.3, 0.4) is 0 Å². The van der Waals surface area contributed by atoms with Gasteiger partial charge in [-0.15, -0.1) is 0 Å². The maximum absolute atomic E-state index is 10.7. The molecular formula is C17H26O4. The molecule has 2 atom stereocenters. The molecule has 1 heterocycles. The fourth-order valence-corrected chi connectivity index (χ4v) is 2.53. The summed E-state index contributed by atoms with van der Waals surface area (Å²) in [5.74, 6) is 1.44. The number of hydrogen-bond donors (Lipinski definition) is 1. The number of fused-ring (bicyclic) bond motifs is 1. The molecule has 4 heteroatoms. The van der Waals surface area contributed by atoms with Gasteiger partial charge in [-0.05, 0) is 30.0 Å². The lowest BCUT2D eigenvalue weighted by atomic mass is 9.83. The first-order valence-corrected chi connectivity index (χ1v) is 7.62. The van der Waals surface area contributed by atoms with E-state index in [0.29, 0.717) is 25.6 Å². The van der Waals surface area contributed by atoms with Crippen LogP contribution in [0.25, 0.3) is 0 Å². The van der Waals surface area contributed by atoms with Gasteiger partial charge in [-0.25, -0.2) is 0 Å². The minimum atomic E-state index is -0.692. The molecule has 118 valence electrons. The Labute approximate surface area is 127 Å². The second kappa shape index (κ2) is 6.67. The molecule has 4 nitrogen and oxygen atoms in total. The van der Waals surface area contributed by atoms with Gasteiger partial charge in [0.2, 0.25) is 0 Å². The van der Waals surface area contributed by atoms with Gasteiger partial charge in [-0.2, -0.15) is 0 Å². The molecule has 0 bridgehead atoms. The molecule has 1 aliphatic heterocycles. The highest BCUT2D eigenvalue weighted by Crippen LogP contribution is 2.37. The van der Waals surface area contributed by atoms with Gasteiger partial charge in [0, 0.05) is 13.0 Å². The smallest absolute Gasteiger partial charge is 0.161 e. The number of ether oxygens (including phenoxy) is 3. The van der Waals surface area contributed by atoms with Crippen LogP contribution in [0, 0.1) is 5.41 Å². The average molecular weight is 294 g/mol. The normalized spacial score (nSPS) is 18.0. The standard InChI is InChI=1S/C17H26O4/c1-5-19-16(17(2,3)4)15(18)12-7-8-13-14(11-12)21-10-6-9-20-13/h7-8,11,15-16,18H,5-6,9-10H2,1-4H3. The predicted octanol–water partition coefficient (Wildman–Crippen LogP) is 3.33. The Bertz CT molecular complexity index is 464. The van der Waals surface area contributed by atoms with Crippen molar-refractivity contribution in [2.24, 2.45) is 5.41 Å². The Hall–Kier alpha value is -1.26. The summed E-state index contributed by atoms with van der Waals surface area (Å²) >= 11 is 0. The van der Waals surface area contributed by atoms with Crippen molar-refractivity contribution >= 4 is 0 Å². The van der Waals surface area contributed by atoms with E-state index in [1.807, 2.05) is 25.1 Å². The van der Waals surface area contributed by atoms with E-state index in [1.54, 1.807) is 0 Å². The number of rotatable bonds is 4. The lowest BCUT2D eigenvalue weighted by Gasteiger charge is -2.34. The zero-order valence-electron chi connectivity index (χ0n) is 13.4.